The topological polar surface area (TPSA) is 78.9 Å². The Kier molecular flexibility index (Phi) is 7.23. The number of methoxy groups -OCH3 is 3. The van der Waals surface area contributed by atoms with E-state index in [1.54, 1.807) is 54.6 Å². The maximum absolute atomic E-state index is 13.8. The number of para-hydroxylation sites is 3. The summed E-state index contributed by atoms with van der Waals surface area (Å²) in [6, 6.07) is 15.0. The van der Waals surface area contributed by atoms with Crippen molar-refractivity contribution in [1.29, 1.82) is 0 Å². The number of rotatable bonds is 9. The van der Waals surface area contributed by atoms with E-state index in [-0.39, 0.29) is 33.9 Å². The molecule has 0 aliphatic heterocycles. The van der Waals surface area contributed by atoms with Crippen LogP contribution in [0.2, 0.25) is 0 Å². The smallest absolute Gasteiger partial charge is 0.212 e. The molecule has 0 amide bonds. The van der Waals surface area contributed by atoms with Crippen LogP contribution in [0.3, 0.4) is 0 Å². The maximum Gasteiger partial charge on any atom is 0.212 e. The molecule has 0 N–H and O–H groups in total. The maximum atomic E-state index is 13.8. The van der Waals surface area contributed by atoms with Crippen molar-refractivity contribution in [3.8, 4) is 17.2 Å². The molecule has 0 saturated heterocycles. The van der Waals surface area contributed by atoms with E-state index in [9.17, 15) is 14.4 Å². The van der Waals surface area contributed by atoms with Crippen molar-refractivity contribution < 1.29 is 28.6 Å². The summed E-state index contributed by atoms with van der Waals surface area (Å²) >= 11 is 5.73. The number of benzene rings is 3. The second-order valence-corrected chi connectivity index (χ2v) is 10.7. The molecule has 0 aromatic heterocycles. The number of carbonyl (C=O) groups excluding carboxylic acids is 3. The van der Waals surface area contributed by atoms with Gasteiger partial charge in [0.15, 0.2) is 6.04 Å². The van der Waals surface area contributed by atoms with Crippen molar-refractivity contribution in [1.82, 2.24) is 0 Å². The molecular weight excluding hydrogens is 447 g/mol. The van der Waals surface area contributed by atoms with Crippen LogP contribution in [0.1, 0.15) is 31.1 Å². The van der Waals surface area contributed by atoms with E-state index in [0.29, 0.717) is 0 Å². The molecule has 0 unspecified atom stereocenters. The molecule has 0 aliphatic carbocycles. The first kappa shape index (κ1) is 23.4. The van der Waals surface area contributed by atoms with Gasteiger partial charge < -0.3 is 14.2 Å². The Labute approximate surface area is 191 Å². The van der Waals surface area contributed by atoms with E-state index < -0.39 is 22.6 Å². The molecular formula is C24H21O6PS. The second-order valence-electron chi connectivity index (χ2n) is 6.63. The minimum atomic E-state index is -4.10. The van der Waals surface area contributed by atoms with Gasteiger partial charge in [0.05, 0.1) is 38.0 Å². The van der Waals surface area contributed by atoms with Crippen molar-refractivity contribution in [2.45, 2.75) is 0 Å². The number of hydrogen-bond acceptors (Lipinski definition) is 7. The van der Waals surface area contributed by atoms with Gasteiger partial charge in [0.25, 0.3) is 0 Å². The Bertz CT molecular complexity index is 1090. The summed E-state index contributed by atoms with van der Waals surface area (Å²) in [6.45, 7) is 0. The van der Waals surface area contributed by atoms with E-state index >= 15 is 0 Å². The van der Waals surface area contributed by atoms with Gasteiger partial charge in [-0.3, -0.25) is 14.4 Å². The van der Waals surface area contributed by atoms with Gasteiger partial charge in [-0.25, -0.2) is 0 Å². The normalized spacial score (nSPS) is 10.8. The Morgan fingerprint density at radius 2 is 0.812 bits per heavy atom. The second kappa shape index (κ2) is 9.90. The summed E-state index contributed by atoms with van der Waals surface area (Å²) in [5, 5.41) is 0. The predicted octanol–water partition coefficient (Wildman–Crippen LogP) is 5.01. The fourth-order valence-electron chi connectivity index (χ4n) is 3.25. The molecule has 32 heavy (non-hydrogen) atoms. The summed E-state index contributed by atoms with van der Waals surface area (Å²) < 4.78 is 15.9. The zero-order chi connectivity index (χ0) is 23.3. The van der Waals surface area contributed by atoms with Gasteiger partial charge in [-0.15, -0.1) is 0 Å². The van der Waals surface area contributed by atoms with Crippen LogP contribution >= 0.6 is 6.04 Å². The van der Waals surface area contributed by atoms with Crippen LogP contribution in [0.15, 0.2) is 72.8 Å². The molecule has 0 spiro atoms. The predicted molar refractivity (Wildman–Crippen MR) is 126 cm³/mol. The first-order valence-electron chi connectivity index (χ1n) is 9.53. The minimum Gasteiger partial charge on any atom is -0.496 e. The van der Waals surface area contributed by atoms with Crippen LogP contribution in [0.4, 0.5) is 0 Å². The summed E-state index contributed by atoms with van der Waals surface area (Å²) in [4.78, 5) is 41.5. The lowest BCUT2D eigenvalue weighted by Gasteiger charge is -2.21. The highest BCUT2D eigenvalue weighted by Crippen LogP contribution is 2.57. The summed E-state index contributed by atoms with van der Waals surface area (Å²) in [5.74, 6) is 0.687. The monoisotopic (exact) mass is 468 g/mol. The average molecular weight is 468 g/mol. The molecule has 0 radical (unpaired) electrons. The number of ether oxygens (including phenoxy) is 3. The van der Waals surface area contributed by atoms with Crippen LogP contribution in [-0.2, 0) is 11.8 Å². The van der Waals surface area contributed by atoms with Crippen LogP contribution in [-0.4, -0.2) is 37.9 Å². The number of hydrogen-bond donors (Lipinski definition) is 0. The zero-order valence-electron chi connectivity index (χ0n) is 17.7. The highest BCUT2D eigenvalue weighted by Gasteiger charge is 2.46. The molecule has 0 saturated carbocycles. The van der Waals surface area contributed by atoms with Gasteiger partial charge in [0, 0.05) is 0 Å². The first-order chi connectivity index (χ1) is 15.4. The van der Waals surface area contributed by atoms with Gasteiger partial charge in [-0.2, -0.15) is 0 Å². The fraction of sp³-hybridized carbons (Fsp3) is 0.125. The molecule has 0 bridgehead atoms. The van der Waals surface area contributed by atoms with E-state index in [1.807, 2.05) is 0 Å². The summed E-state index contributed by atoms with van der Waals surface area (Å²) in [7, 11) is 4.21. The largest absolute Gasteiger partial charge is 0.496 e. The molecule has 6 nitrogen and oxygen atoms in total. The van der Waals surface area contributed by atoms with Crippen LogP contribution in [0.25, 0.3) is 0 Å². The highest BCUT2D eigenvalue weighted by molar-refractivity contribution is 8.38. The third-order valence-electron chi connectivity index (χ3n) is 4.87. The summed E-state index contributed by atoms with van der Waals surface area (Å²) in [6.07, 6.45) is 0. The molecule has 164 valence electrons. The quantitative estimate of drug-likeness (QED) is 0.408. The first-order valence-corrected chi connectivity index (χ1v) is 12.3. The third kappa shape index (κ3) is 4.09. The molecule has 0 atom stereocenters. The molecule has 0 fully saturated rings. The van der Waals surface area contributed by atoms with Gasteiger partial charge in [-0.1, -0.05) is 48.2 Å². The lowest BCUT2D eigenvalue weighted by Crippen LogP contribution is -2.19. The van der Waals surface area contributed by atoms with Gasteiger partial charge in [-0.05, 0) is 36.4 Å². The molecule has 3 rings (SSSR count). The lowest BCUT2D eigenvalue weighted by atomic mass is 10.2. The van der Waals surface area contributed by atoms with Crippen molar-refractivity contribution in [3.63, 3.8) is 0 Å². The van der Waals surface area contributed by atoms with Gasteiger partial charge >= 0.3 is 0 Å². The van der Waals surface area contributed by atoms with Gasteiger partial charge in [0.2, 0.25) is 16.6 Å². The molecule has 3 aromatic rings. The van der Waals surface area contributed by atoms with E-state index in [0.717, 1.165) is 0 Å². The highest BCUT2D eigenvalue weighted by atomic mass is 32.4. The van der Waals surface area contributed by atoms with Crippen molar-refractivity contribution >= 4 is 34.4 Å². The Morgan fingerprint density at radius 1 is 0.562 bits per heavy atom. The summed E-state index contributed by atoms with van der Waals surface area (Å²) in [5.41, 5.74) is -2.04. The number of carbonyl (C=O) groups is 3. The lowest BCUT2D eigenvalue weighted by molar-refractivity contribution is 0.102. The van der Waals surface area contributed by atoms with E-state index in [1.165, 1.54) is 39.5 Å². The van der Waals surface area contributed by atoms with Crippen LogP contribution in [0, 0.1) is 0 Å². The standard InChI is InChI=1S/C24H21O6PS/c1-28-19-13-7-4-10-16(19)22(25)31(32,23(26)17-11-5-8-14-20(17)29-2)24(27)18-12-6-9-15-21(18)30-3/h4-15H,1-3H3. The Morgan fingerprint density at radius 3 is 1.06 bits per heavy atom. The molecule has 8 heteroatoms. The zero-order valence-corrected chi connectivity index (χ0v) is 19.4. The molecule has 3 aromatic carbocycles. The minimum absolute atomic E-state index is 0.0739. The van der Waals surface area contributed by atoms with E-state index in [2.05, 4.69) is 0 Å². The Hall–Kier alpha value is -3.28. The van der Waals surface area contributed by atoms with Crippen molar-refractivity contribution in [2.75, 3.05) is 21.3 Å². The molecule has 0 heterocycles. The van der Waals surface area contributed by atoms with Crippen LogP contribution < -0.4 is 14.2 Å². The van der Waals surface area contributed by atoms with Crippen molar-refractivity contribution in [3.05, 3.63) is 89.5 Å². The van der Waals surface area contributed by atoms with Gasteiger partial charge in [0.1, 0.15) is 17.2 Å². The average Bonchev–Trinajstić information content (AvgIpc) is 2.86. The SMILES string of the molecule is COc1ccccc1C(=O)P(=S)(C(=O)c1ccccc1OC)C(=O)c1ccccc1OC. The van der Waals surface area contributed by atoms with Crippen LogP contribution in [0.5, 0.6) is 17.2 Å². The fourth-order valence-corrected chi connectivity index (χ4v) is 6.26. The Balaban J connectivity index is 2.28. The van der Waals surface area contributed by atoms with E-state index in [4.69, 9.17) is 26.0 Å². The molecule has 0 aliphatic rings. The third-order valence-corrected chi connectivity index (χ3v) is 8.80. The van der Waals surface area contributed by atoms with Crippen molar-refractivity contribution in [2.24, 2.45) is 0 Å².